The van der Waals surface area contributed by atoms with E-state index >= 15 is 0 Å². The molecule has 0 saturated carbocycles. The van der Waals surface area contributed by atoms with Crippen molar-refractivity contribution in [3.05, 3.63) is 57.7 Å². The zero-order valence-corrected chi connectivity index (χ0v) is 13.6. The number of carbonyl (C=O) groups excluding carboxylic acids is 1. The second kappa shape index (κ2) is 7.66. The molecule has 3 nitrogen and oxygen atoms in total. The number of aliphatic hydroxyl groups is 1. The summed E-state index contributed by atoms with van der Waals surface area (Å²) >= 11 is 3.67. The highest BCUT2D eigenvalue weighted by atomic mass is 127. The molecule has 0 heterocycles. The normalized spacial score (nSPS) is 10.3. The van der Waals surface area contributed by atoms with Gasteiger partial charge in [-0.25, -0.2) is 0 Å². The summed E-state index contributed by atoms with van der Waals surface area (Å²) in [5, 5.41) is 11.9. The average molecular weight is 399 g/mol. The molecule has 0 unspecified atom stereocenters. The third-order valence-electron chi connectivity index (χ3n) is 2.62. The van der Waals surface area contributed by atoms with E-state index in [1.165, 1.54) is 11.8 Å². The summed E-state index contributed by atoms with van der Waals surface area (Å²) in [6.07, 6.45) is 0. The van der Waals surface area contributed by atoms with E-state index in [4.69, 9.17) is 5.11 Å². The van der Waals surface area contributed by atoms with E-state index in [9.17, 15) is 4.79 Å². The predicted molar refractivity (Wildman–Crippen MR) is 90.9 cm³/mol. The van der Waals surface area contributed by atoms with Crippen LogP contribution in [0.1, 0.15) is 5.56 Å². The van der Waals surface area contributed by atoms with Gasteiger partial charge in [0.2, 0.25) is 5.91 Å². The minimum Gasteiger partial charge on any atom is -0.392 e. The van der Waals surface area contributed by atoms with Crippen LogP contribution in [-0.4, -0.2) is 16.8 Å². The molecule has 0 bridgehead atoms. The molecule has 104 valence electrons. The third kappa shape index (κ3) is 4.50. The van der Waals surface area contributed by atoms with E-state index in [0.29, 0.717) is 5.75 Å². The van der Waals surface area contributed by atoms with Crippen LogP contribution < -0.4 is 5.32 Å². The van der Waals surface area contributed by atoms with Gasteiger partial charge >= 0.3 is 0 Å². The Kier molecular flexibility index (Phi) is 5.87. The molecule has 0 saturated heterocycles. The summed E-state index contributed by atoms with van der Waals surface area (Å²) < 4.78 is 1.02. The molecule has 2 aromatic rings. The summed E-state index contributed by atoms with van der Waals surface area (Å²) in [5.74, 6) is 0.342. The van der Waals surface area contributed by atoms with Crippen LogP contribution in [0.4, 0.5) is 5.69 Å². The molecule has 5 heteroatoms. The van der Waals surface area contributed by atoms with Crippen molar-refractivity contribution < 1.29 is 9.90 Å². The number of hydrogen-bond donors (Lipinski definition) is 2. The Morgan fingerprint density at radius 1 is 1.15 bits per heavy atom. The quantitative estimate of drug-likeness (QED) is 0.598. The Morgan fingerprint density at radius 3 is 2.50 bits per heavy atom. The summed E-state index contributed by atoms with van der Waals surface area (Å²) in [5.41, 5.74) is 1.71. The molecule has 2 aromatic carbocycles. The SMILES string of the molecule is O=C(CSc1ccc(CO)cc1)Nc1ccccc1I. The van der Waals surface area contributed by atoms with Crippen molar-refractivity contribution in [2.45, 2.75) is 11.5 Å². The van der Waals surface area contributed by atoms with E-state index in [2.05, 4.69) is 27.9 Å². The summed E-state index contributed by atoms with van der Waals surface area (Å²) in [6, 6.07) is 15.2. The number of nitrogens with one attached hydrogen (secondary N) is 1. The van der Waals surface area contributed by atoms with Crippen LogP contribution in [0.25, 0.3) is 0 Å². The van der Waals surface area contributed by atoms with Gasteiger partial charge in [-0.3, -0.25) is 4.79 Å². The molecule has 1 amide bonds. The Morgan fingerprint density at radius 2 is 1.85 bits per heavy atom. The van der Waals surface area contributed by atoms with Gasteiger partial charge in [0, 0.05) is 8.47 Å². The van der Waals surface area contributed by atoms with Gasteiger partial charge in [0.15, 0.2) is 0 Å². The molecule has 0 aliphatic heterocycles. The van der Waals surface area contributed by atoms with Gasteiger partial charge in [-0.05, 0) is 52.4 Å². The van der Waals surface area contributed by atoms with Gasteiger partial charge in [0.1, 0.15) is 0 Å². The van der Waals surface area contributed by atoms with Crippen molar-refractivity contribution in [3.8, 4) is 0 Å². The van der Waals surface area contributed by atoms with E-state index in [-0.39, 0.29) is 12.5 Å². The maximum Gasteiger partial charge on any atom is 0.234 e. The smallest absolute Gasteiger partial charge is 0.234 e. The largest absolute Gasteiger partial charge is 0.392 e. The third-order valence-corrected chi connectivity index (χ3v) is 4.58. The molecule has 20 heavy (non-hydrogen) atoms. The molecule has 0 fully saturated rings. The molecule has 2 N–H and O–H groups in total. The van der Waals surface area contributed by atoms with E-state index in [1.54, 1.807) is 0 Å². The van der Waals surface area contributed by atoms with Crippen molar-refractivity contribution in [3.63, 3.8) is 0 Å². The first-order chi connectivity index (χ1) is 9.69. The van der Waals surface area contributed by atoms with Crippen LogP contribution in [0.2, 0.25) is 0 Å². The van der Waals surface area contributed by atoms with Gasteiger partial charge in [-0.15, -0.1) is 11.8 Å². The van der Waals surface area contributed by atoms with Crippen molar-refractivity contribution in [2.24, 2.45) is 0 Å². The lowest BCUT2D eigenvalue weighted by molar-refractivity contribution is -0.113. The molecular weight excluding hydrogens is 385 g/mol. The molecule has 0 radical (unpaired) electrons. The average Bonchev–Trinajstić information content (AvgIpc) is 2.48. The number of para-hydroxylation sites is 1. The zero-order valence-electron chi connectivity index (χ0n) is 10.7. The van der Waals surface area contributed by atoms with Crippen LogP contribution in [0.3, 0.4) is 0 Å². The second-order valence-corrected chi connectivity index (χ2v) is 6.33. The van der Waals surface area contributed by atoms with Gasteiger partial charge in [0.25, 0.3) is 0 Å². The first-order valence-corrected chi connectivity index (χ1v) is 8.12. The Hall–Kier alpha value is -1.05. The fraction of sp³-hybridized carbons (Fsp3) is 0.133. The lowest BCUT2D eigenvalue weighted by Gasteiger charge is -2.07. The number of halogens is 1. The minimum atomic E-state index is -0.0228. The van der Waals surface area contributed by atoms with Gasteiger partial charge in [-0.2, -0.15) is 0 Å². The fourth-order valence-corrected chi connectivity index (χ4v) is 2.81. The molecule has 0 atom stereocenters. The lowest BCUT2D eigenvalue weighted by Crippen LogP contribution is -2.14. The number of benzene rings is 2. The van der Waals surface area contributed by atoms with Crippen molar-refractivity contribution >= 4 is 45.9 Å². The van der Waals surface area contributed by atoms with Crippen LogP contribution in [0.5, 0.6) is 0 Å². The van der Waals surface area contributed by atoms with Crippen molar-refractivity contribution in [1.29, 1.82) is 0 Å². The van der Waals surface area contributed by atoms with Crippen LogP contribution in [0, 0.1) is 3.57 Å². The highest BCUT2D eigenvalue weighted by molar-refractivity contribution is 14.1. The van der Waals surface area contributed by atoms with E-state index in [0.717, 1.165) is 19.7 Å². The summed E-state index contributed by atoms with van der Waals surface area (Å²) in [7, 11) is 0. The summed E-state index contributed by atoms with van der Waals surface area (Å²) in [4.78, 5) is 12.9. The standard InChI is InChI=1S/C15H14INO2S/c16-13-3-1-2-4-14(13)17-15(19)10-20-12-7-5-11(9-18)6-8-12/h1-8,18H,9-10H2,(H,17,19). The Balaban J connectivity index is 1.87. The number of amides is 1. The molecule has 0 aliphatic carbocycles. The van der Waals surface area contributed by atoms with Crippen LogP contribution in [-0.2, 0) is 11.4 Å². The number of hydrogen-bond acceptors (Lipinski definition) is 3. The number of anilines is 1. The van der Waals surface area contributed by atoms with Crippen molar-refractivity contribution in [2.75, 3.05) is 11.1 Å². The molecule has 0 aromatic heterocycles. The topological polar surface area (TPSA) is 49.3 Å². The van der Waals surface area contributed by atoms with E-state index < -0.39 is 0 Å². The highest BCUT2D eigenvalue weighted by Crippen LogP contribution is 2.20. The molecular formula is C15H14INO2S. The van der Waals surface area contributed by atoms with Crippen LogP contribution >= 0.6 is 34.4 Å². The number of thioether (sulfide) groups is 1. The Bertz CT molecular complexity index is 587. The van der Waals surface area contributed by atoms with Gasteiger partial charge < -0.3 is 10.4 Å². The number of aliphatic hydroxyl groups excluding tert-OH is 1. The van der Waals surface area contributed by atoms with E-state index in [1.807, 2.05) is 48.5 Å². The molecule has 2 rings (SSSR count). The maximum absolute atomic E-state index is 11.9. The fourth-order valence-electron chi connectivity index (χ4n) is 1.59. The maximum atomic E-state index is 11.9. The van der Waals surface area contributed by atoms with Crippen molar-refractivity contribution in [1.82, 2.24) is 0 Å². The summed E-state index contributed by atoms with van der Waals surface area (Å²) in [6.45, 7) is 0.0396. The number of rotatable bonds is 5. The monoisotopic (exact) mass is 399 g/mol. The molecule has 0 aliphatic rings. The minimum absolute atomic E-state index is 0.0228. The van der Waals surface area contributed by atoms with Gasteiger partial charge in [0.05, 0.1) is 18.0 Å². The first-order valence-electron chi connectivity index (χ1n) is 6.06. The molecule has 0 spiro atoms. The van der Waals surface area contributed by atoms with Crippen LogP contribution in [0.15, 0.2) is 53.4 Å². The highest BCUT2D eigenvalue weighted by Gasteiger charge is 2.05. The Labute approximate surface area is 135 Å². The first kappa shape index (κ1) is 15.3. The number of carbonyl (C=O) groups is 1. The zero-order chi connectivity index (χ0) is 14.4. The predicted octanol–water partition coefficient (Wildman–Crippen LogP) is 3.51. The van der Waals surface area contributed by atoms with Gasteiger partial charge in [-0.1, -0.05) is 24.3 Å². The lowest BCUT2D eigenvalue weighted by atomic mass is 10.2. The second-order valence-electron chi connectivity index (χ2n) is 4.12.